The molecule has 1 aliphatic rings. The van der Waals surface area contributed by atoms with E-state index in [9.17, 15) is 22.0 Å². The molecule has 1 aromatic carbocycles. The Balaban J connectivity index is 0.00000242. The summed E-state index contributed by atoms with van der Waals surface area (Å²) in [6.07, 6.45) is -7.40. The third-order valence-corrected chi connectivity index (χ3v) is 3.77. The van der Waals surface area contributed by atoms with Crippen LogP contribution in [0.25, 0.3) is 0 Å². The van der Waals surface area contributed by atoms with Crippen LogP contribution in [0.4, 0.5) is 22.0 Å². The summed E-state index contributed by atoms with van der Waals surface area (Å²) in [4.78, 5) is 1.46. The van der Waals surface area contributed by atoms with Crippen molar-refractivity contribution in [3.05, 3.63) is 34.3 Å². The quantitative estimate of drug-likeness (QED) is 0.755. The van der Waals surface area contributed by atoms with Crippen molar-refractivity contribution in [2.75, 3.05) is 26.2 Å². The average molecular weight is 402 g/mol. The molecule has 0 aliphatic carbocycles. The Morgan fingerprint density at radius 2 is 1.65 bits per heavy atom. The van der Waals surface area contributed by atoms with E-state index >= 15 is 0 Å². The zero-order chi connectivity index (χ0) is 15.6. The Hall–Kier alpha value is -0.340. The molecule has 0 aromatic heterocycles. The molecule has 1 aromatic rings. The fourth-order valence-corrected chi connectivity index (χ4v) is 2.63. The van der Waals surface area contributed by atoms with Crippen LogP contribution in [0.1, 0.15) is 17.2 Å². The molecule has 1 saturated heterocycles. The summed E-state index contributed by atoms with van der Waals surface area (Å²) in [5, 5.41) is 2.93. The van der Waals surface area contributed by atoms with E-state index < -0.39 is 24.2 Å². The summed E-state index contributed by atoms with van der Waals surface area (Å²) < 4.78 is 65.0. The summed E-state index contributed by atoms with van der Waals surface area (Å²) in [7, 11) is 0. The van der Waals surface area contributed by atoms with E-state index in [0.717, 1.165) is 18.2 Å². The number of hydrogen-bond donors (Lipinski definition) is 1. The van der Waals surface area contributed by atoms with Gasteiger partial charge in [-0.3, -0.25) is 4.90 Å². The lowest BCUT2D eigenvalue weighted by Gasteiger charge is -2.35. The van der Waals surface area contributed by atoms with Crippen LogP contribution in [0.15, 0.2) is 18.2 Å². The van der Waals surface area contributed by atoms with E-state index in [0.29, 0.717) is 26.2 Å². The average Bonchev–Trinajstić information content (AvgIpc) is 2.40. The molecule has 1 N–H and O–H groups in total. The van der Waals surface area contributed by atoms with E-state index in [4.69, 9.17) is 11.6 Å². The molecular weight excluding hydrogens is 386 g/mol. The minimum atomic E-state index is -4.59. The Kier molecular flexibility index (Phi) is 9.09. The van der Waals surface area contributed by atoms with E-state index in [1.165, 1.54) is 4.90 Å². The SMILES string of the molecule is Cl.Cl.FC(F)[C@H](c1cc(C(F)(F)F)ccc1Cl)N1CCNCC1. The topological polar surface area (TPSA) is 15.3 Å². The van der Waals surface area contributed by atoms with Crippen molar-refractivity contribution in [2.45, 2.75) is 18.6 Å². The number of nitrogens with zero attached hydrogens (tertiary/aromatic N) is 1. The highest BCUT2D eigenvalue weighted by Crippen LogP contribution is 2.37. The minimum Gasteiger partial charge on any atom is -0.314 e. The molecule has 1 aliphatic heterocycles. The van der Waals surface area contributed by atoms with Crippen LogP contribution >= 0.6 is 36.4 Å². The molecule has 0 bridgehead atoms. The summed E-state index contributed by atoms with van der Waals surface area (Å²) in [6, 6.07) is 1.12. The first-order valence-electron chi connectivity index (χ1n) is 6.40. The first-order valence-corrected chi connectivity index (χ1v) is 6.78. The molecule has 0 saturated carbocycles. The Labute approximate surface area is 148 Å². The number of piperazine rings is 1. The third kappa shape index (κ3) is 5.60. The molecule has 23 heavy (non-hydrogen) atoms. The second-order valence-electron chi connectivity index (χ2n) is 4.80. The van der Waals surface area contributed by atoms with Crippen molar-refractivity contribution in [1.82, 2.24) is 10.2 Å². The van der Waals surface area contributed by atoms with E-state index in [-0.39, 0.29) is 35.4 Å². The molecular formula is C13H16Cl3F5N2. The van der Waals surface area contributed by atoms with E-state index in [1.54, 1.807) is 0 Å². The number of nitrogens with one attached hydrogen (secondary N) is 1. The second-order valence-corrected chi connectivity index (χ2v) is 5.21. The fraction of sp³-hybridized carbons (Fsp3) is 0.538. The van der Waals surface area contributed by atoms with Crippen molar-refractivity contribution in [1.29, 1.82) is 0 Å². The van der Waals surface area contributed by atoms with Gasteiger partial charge in [0, 0.05) is 31.2 Å². The first kappa shape index (κ1) is 22.7. The molecule has 0 amide bonds. The van der Waals surface area contributed by atoms with Gasteiger partial charge in [0.2, 0.25) is 0 Å². The van der Waals surface area contributed by atoms with Gasteiger partial charge in [-0.15, -0.1) is 24.8 Å². The van der Waals surface area contributed by atoms with Gasteiger partial charge in [0.25, 0.3) is 6.43 Å². The molecule has 2 rings (SSSR count). The lowest BCUT2D eigenvalue weighted by atomic mass is 10.0. The number of alkyl halides is 5. The monoisotopic (exact) mass is 400 g/mol. The van der Waals surface area contributed by atoms with E-state index in [2.05, 4.69) is 5.32 Å². The maximum Gasteiger partial charge on any atom is 0.416 e. The second kappa shape index (κ2) is 9.22. The number of benzene rings is 1. The van der Waals surface area contributed by atoms with Gasteiger partial charge in [0.05, 0.1) is 11.6 Å². The predicted octanol–water partition coefficient (Wildman–Crippen LogP) is 4.41. The van der Waals surface area contributed by atoms with Crippen LogP contribution < -0.4 is 5.32 Å². The van der Waals surface area contributed by atoms with Gasteiger partial charge in [0.15, 0.2) is 0 Å². The highest BCUT2D eigenvalue weighted by atomic mass is 35.5. The van der Waals surface area contributed by atoms with Crippen molar-refractivity contribution < 1.29 is 22.0 Å². The van der Waals surface area contributed by atoms with Gasteiger partial charge in [-0.2, -0.15) is 13.2 Å². The third-order valence-electron chi connectivity index (χ3n) is 3.43. The number of hydrogen-bond acceptors (Lipinski definition) is 2. The van der Waals surface area contributed by atoms with E-state index in [1.807, 2.05) is 0 Å². The van der Waals surface area contributed by atoms with Crippen LogP contribution in [-0.2, 0) is 6.18 Å². The molecule has 0 unspecified atom stereocenters. The summed E-state index contributed by atoms with van der Waals surface area (Å²) in [5.41, 5.74) is -1.15. The molecule has 1 atom stereocenters. The largest absolute Gasteiger partial charge is 0.416 e. The van der Waals surface area contributed by atoms with Crippen molar-refractivity contribution >= 4 is 36.4 Å². The van der Waals surface area contributed by atoms with Crippen molar-refractivity contribution in [2.24, 2.45) is 0 Å². The number of rotatable bonds is 3. The summed E-state index contributed by atoms with van der Waals surface area (Å²) >= 11 is 5.86. The minimum absolute atomic E-state index is 0. The van der Waals surface area contributed by atoms with Gasteiger partial charge < -0.3 is 5.32 Å². The van der Waals surface area contributed by atoms with Crippen molar-refractivity contribution in [3.8, 4) is 0 Å². The number of halogens is 8. The molecule has 0 radical (unpaired) electrons. The highest BCUT2D eigenvalue weighted by Gasteiger charge is 2.35. The molecule has 10 heteroatoms. The first-order chi connectivity index (χ1) is 9.80. The molecule has 2 nitrogen and oxygen atoms in total. The van der Waals surface area contributed by atoms with Crippen LogP contribution in [0.3, 0.4) is 0 Å². The van der Waals surface area contributed by atoms with Gasteiger partial charge in [-0.05, 0) is 23.8 Å². The maximum absolute atomic E-state index is 13.4. The Morgan fingerprint density at radius 3 is 2.13 bits per heavy atom. The lowest BCUT2D eigenvalue weighted by molar-refractivity contribution is -0.137. The summed E-state index contributed by atoms with van der Waals surface area (Å²) in [5.74, 6) is 0. The zero-order valence-electron chi connectivity index (χ0n) is 11.7. The highest BCUT2D eigenvalue weighted by molar-refractivity contribution is 6.31. The Morgan fingerprint density at radius 1 is 1.09 bits per heavy atom. The zero-order valence-corrected chi connectivity index (χ0v) is 14.1. The predicted molar refractivity (Wildman–Crippen MR) is 84.1 cm³/mol. The smallest absolute Gasteiger partial charge is 0.314 e. The normalized spacial score (nSPS) is 17.3. The standard InChI is InChI=1S/C13H14ClF5N2.2ClH/c14-10-2-1-8(13(17,18)19)7-9(10)11(12(15)16)21-5-3-20-4-6-21;;/h1-2,7,11-12,20H,3-6H2;2*1H/t11-;;/m0../s1. The van der Waals surface area contributed by atoms with Gasteiger partial charge in [-0.25, -0.2) is 8.78 Å². The molecule has 1 heterocycles. The Bertz CT molecular complexity index is 493. The van der Waals surface area contributed by atoms with Gasteiger partial charge >= 0.3 is 6.18 Å². The molecule has 0 spiro atoms. The molecule has 134 valence electrons. The van der Waals surface area contributed by atoms with Crippen LogP contribution in [-0.4, -0.2) is 37.5 Å². The maximum atomic E-state index is 13.4. The fourth-order valence-electron chi connectivity index (χ4n) is 2.40. The summed E-state index contributed by atoms with van der Waals surface area (Å²) in [6.45, 7) is 1.70. The lowest BCUT2D eigenvalue weighted by Crippen LogP contribution is -2.47. The molecule has 1 fully saturated rings. The van der Waals surface area contributed by atoms with Gasteiger partial charge in [0.1, 0.15) is 0 Å². The van der Waals surface area contributed by atoms with Crippen LogP contribution in [0.2, 0.25) is 5.02 Å². The van der Waals surface area contributed by atoms with Crippen LogP contribution in [0.5, 0.6) is 0 Å². The van der Waals surface area contributed by atoms with Crippen LogP contribution in [0, 0.1) is 0 Å². The van der Waals surface area contributed by atoms with Gasteiger partial charge in [-0.1, -0.05) is 11.6 Å². The van der Waals surface area contributed by atoms with Crippen molar-refractivity contribution in [3.63, 3.8) is 0 Å².